The highest BCUT2D eigenvalue weighted by Crippen LogP contribution is 2.29. The highest BCUT2D eigenvalue weighted by atomic mass is 127. The SMILES string of the molecule is CN=C(NCc1ccc(C(F)(F)F)cc1)NCc1ccn(-c2ccc(OC)cc2)n1.I. The van der Waals surface area contributed by atoms with Crippen LogP contribution in [0.25, 0.3) is 5.69 Å². The Morgan fingerprint density at radius 1 is 1.00 bits per heavy atom. The number of benzene rings is 2. The van der Waals surface area contributed by atoms with Crippen LogP contribution in [0.2, 0.25) is 0 Å². The highest BCUT2D eigenvalue weighted by molar-refractivity contribution is 14.0. The number of hydrogen-bond donors (Lipinski definition) is 2. The fraction of sp³-hybridized carbons (Fsp3) is 0.238. The van der Waals surface area contributed by atoms with Gasteiger partial charge in [-0.2, -0.15) is 18.3 Å². The van der Waals surface area contributed by atoms with Gasteiger partial charge < -0.3 is 15.4 Å². The normalized spacial score (nSPS) is 11.6. The van der Waals surface area contributed by atoms with E-state index < -0.39 is 11.7 Å². The monoisotopic (exact) mass is 545 g/mol. The summed E-state index contributed by atoms with van der Waals surface area (Å²) >= 11 is 0. The van der Waals surface area contributed by atoms with Gasteiger partial charge in [0.2, 0.25) is 0 Å². The van der Waals surface area contributed by atoms with Crippen molar-refractivity contribution in [2.75, 3.05) is 14.2 Å². The van der Waals surface area contributed by atoms with Crippen LogP contribution in [0.5, 0.6) is 5.75 Å². The molecule has 0 unspecified atom stereocenters. The van der Waals surface area contributed by atoms with Crippen molar-refractivity contribution in [1.29, 1.82) is 0 Å². The Bertz CT molecular complexity index is 985. The molecule has 0 spiro atoms. The zero-order valence-electron chi connectivity index (χ0n) is 17.0. The van der Waals surface area contributed by atoms with E-state index in [0.29, 0.717) is 19.0 Å². The predicted molar refractivity (Wildman–Crippen MR) is 124 cm³/mol. The second kappa shape index (κ2) is 11.0. The average molecular weight is 545 g/mol. The van der Waals surface area contributed by atoms with E-state index >= 15 is 0 Å². The van der Waals surface area contributed by atoms with E-state index in [2.05, 4.69) is 20.7 Å². The Hall–Kier alpha value is -2.76. The molecule has 0 radical (unpaired) electrons. The molecule has 31 heavy (non-hydrogen) atoms. The lowest BCUT2D eigenvalue weighted by atomic mass is 10.1. The molecule has 1 aromatic heterocycles. The number of methoxy groups -OCH3 is 1. The number of halogens is 4. The van der Waals surface area contributed by atoms with Crippen molar-refractivity contribution in [3.8, 4) is 11.4 Å². The van der Waals surface area contributed by atoms with Gasteiger partial charge in [-0.25, -0.2) is 4.68 Å². The van der Waals surface area contributed by atoms with E-state index in [1.807, 2.05) is 36.5 Å². The quantitative estimate of drug-likeness (QED) is 0.274. The van der Waals surface area contributed by atoms with Crippen LogP contribution in [-0.2, 0) is 19.3 Å². The molecule has 0 bridgehead atoms. The van der Waals surface area contributed by atoms with Gasteiger partial charge in [0, 0.05) is 19.8 Å². The van der Waals surface area contributed by atoms with Gasteiger partial charge in [0.15, 0.2) is 5.96 Å². The molecule has 0 aliphatic rings. The Morgan fingerprint density at radius 2 is 1.65 bits per heavy atom. The molecular formula is C21H23F3IN5O. The van der Waals surface area contributed by atoms with E-state index in [0.717, 1.165) is 34.8 Å². The van der Waals surface area contributed by atoms with Crippen LogP contribution < -0.4 is 15.4 Å². The Balaban J connectivity index is 0.00000341. The van der Waals surface area contributed by atoms with Gasteiger partial charge in [-0.1, -0.05) is 12.1 Å². The molecule has 0 fully saturated rings. The number of aliphatic imine (C=N–C) groups is 1. The Morgan fingerprint density at radius 3 is 2.23 bits per heavy atom. The number of alkyl halides is 3. The van der Waals surface area contributed by atoms with Crippen LogP contribution in [0.3, 0.4) is 0 Å². The van der Waals surface area contributed by atoms with Gasteiger partial charge in [0.25, 0.3) is 0 Å². The number of guanidine groups is 1. The number of aromatic nitrogens is 2. The smallest absolute Gasteiger partial charge is 0.416 e. The number of nitrogens with one attached hydrogen (secondary N) is 2. The molecular weight excluding hydrogens is 522 g/mol. The van der Waals surface area contributed by atoms with Crippen molar-refractivity contribution in [3.63, 3.8) is 0 Å². The van der Waals surface area contributed by atoms with Crippen LogP contribution in [0.15, 0.2) is 65.8 Å². The molecule has 0 aliphatic heterocycles. The van der Waals surface area contributed by atoms with Crippen molar-refractivity contribution >= 4 is 29.9 Å². The summed E-state index contributed by atoms with van der Waals surface area (Å²) < 4.78 is 44.8. The maximum absolute atomic E-state index is 12.6. The first-order chi connectivity index (χ1) is 14.4. The van der Waals surface area contributed by atoms with Gasteiger partial charge in [-0.05, 0) is 48.0 Å². The molecule has 0 saturated carbocycles. The lowest BCUT2D eigenvalue weighted by molar-refractivity contribution is -0.137. The maximum Gasteiger partial charge on any atom is 0.416 e. The van der Waals surface area contributed by atoms with Crippen LogP contribution in [-0.4, -0.2) is 29.9 Å². The summed E-state index contributed by atoms with van der Waals surface area (Å²) in [6.07, 6.45) is -2.48. The fourth-order valence-electron chi connectivity index (χ4n) is 2.73. The first-order valence-corrected chi connectivity index (χ1v) is 9.18. The molecule has 10 heteroatoms. The molecule has 166 valence electrons. The third-order valence-corrected chi connectivity index (χ3v) is 4.38. The van der Waals surface area contributed by atoms with Gasteiger partial charge >= 0.3 is 6.18 Å². The van der Waals surface area contributed by atoms with Crippen molar-refractivity contribution in [3.05, 3.63) is 77.6 Å². The number of ether oxygens (including phenoxy) is 1. The minimum atomic E-state index is -4.33. The molecule has 1 heterocycles. The lowest BCUT2D eigenvalue weighted by Crippen LogP contribution is -2.36. The zero-order chi connectivity index (χ0) is 21.6. The topological polar surface area (TPSA) is 63.5 Å². The van der Waals surface area contributed by atoms with Crippen molar-refractivity contribution in [1.82, 2.24) is 20.4 Å². The zero-order valence-corrected chi connectivity index (χ0v) is 19.3. The van der Waals surface area contributed by atoms with E-state index in [4.69, 9.17) is 4.74 Å². The van der Waals surface area contributed by atoms with E-state index in [1.54, 1.807) is 18.8 Å². The molecule has 6 nitrogen and oxygen atoms in total. The first kappa shape index (κ1) is 24.5. The van der Waals surface area contributed by atoms with Crippen molar-refractivity contribution < 1.29 is 17.9 Å². The van der Waals surface area contributed by atoms with Gasteiger partial charge in [0.05, 0.1) is 30.6 Å². The largest absolute Gasteiger partial charge is 0.497 e. The van der Waals surface area contributed by atoms with Crippen LogP contribution >= 0.6 is 24.0 Å². The van der Waals surface area contributed by atoms with E-state index in [-0.39, 0.29) is 24.0 Å². The fourth-order valence-corrected chi connectivity index (χ4v) is 2.73. The van der Waals surface area contributed by atoms with Gasteiger partial charge in [0.1, 0.15) is 5.75 Å². The minimum Gasteiger partial charge on any atom is -0.497 e. The maximum atomic E-state index is 12.6. The molecule has 3 aromatic rings. The number of hydrogen-bond acceptors (Lipinski definition) is 3. The third kappa shape index (κ3) is 6.88. The number of rotatable bonds is 6. The molecule has 0 amide bonds. The molecule has 0 saturated heterocycles. The van der Waals surface area contributed by atoms with Gasteiger partial charge in [-0.15, -0.1) is 24.0 Å². The standard InChI is InChI=1S/C21H22F3N5O.HI/c1-25-20(26-13-15-3-5-16(6-4-15)21(22,23)24)27-14-17-11-12-29(28-17)18-7-9-19(30-2)10-8-18;/h3-12H,13-14H2,1-2H3,(H2,25,26,27);1H. The minimum absolute atomic E-state index is 0. The third-order valence-electron chi connectivity index (χ3n) is 4.38. The lowest BCUT2D eigenvalue weighted by Gasteiger charge is -2.12. The second-order valence-electron chi connectivity index (χ2n) is 6.42. The van der Waals surface area contributed by atoms with Gasteiger partial charge in [-0.3, -0.25) is 4.99 Å². The van der Waals surface area contributed by atoms with Crippen LogP contribution in [0.4, 0.5) is 13.2 Å². The van der Waals surface area contributed by atoms with E-state index in [9.17, 15) is 13.2 Å². The predicted octanol–water partition coefficient (Wildman–Crippen LogP) is 4.38. The summed E-state index contributed by atoms with van der Waals surface area (Å²) in [6, 6.07) is 14.5. The van der Waals surface area contributed by atoms with E-state index in [1.165, 1.54) is 12.1 Å². The molecule has 0 aliphatic carbocycles. The average Bonchev–Trinajstić information content (AvgIpc) is 3.22. The Kier molecular flexibility index (Phi) is 8.72. The van der Waals surface area contributed by atoms with Crippen molar-refractivity contribution in [2.45, 2.75) is 19.3 Å². The first-order valence-electron chi connectivity index (χ1n) is 9.18. The molecule has 2 N–H and O–H groups in total. The highest BCUT2D eigenvalue weighted by Gasteiger charge is 2.29. The summed E-state index contributed by atoms with van der Waals surface area (Å²) in [5.74, 6) is 1.30. The second-order valence-corrected chi connectivity index (χ2v) is 6.42. The van der Waals surface area contributed by atoms with Crippen molar-refractivity contribution in [2.24, 2.45) is 4.99 Å². The Labute approximate surface area is 195 Å². The number of nitrogens with zero attached hydrogens (tertiary/aromatic N) is 3. The summed E-state index contributed by atoms with van der Waals surface area (Å²) in [6.45, 7) is 0.786. The summed E-state index contributed by atoms with van der Waals surface area (Å²) in [4.78, 5) is 4.13. The summed E-state index contributed by atoms with van der Waals surface area (Å²) in [5, 5.41) is 10.7. The van der Waals surface area contributed by atoms with Crippen LogP contribution in [0, 0.1) is 0 Å². The van der Waals surface area contributed by atoms with Crippen LogP contribution in [0.1, 0.15) is 16.8 Å². The summed E-state index contributed by atoms with van der Waals surface area (Å²) in [7, 11) is 3.24. The summed E-state index contributed by atoms with van der Waals surface area (Å²) in [5.41, 5.74) is 1.77. The molecule has 3 rings (SSSR count). The molecule has 2 aromatic carbocycles. The molecule has 0 atom stereocenters.